The molecule has 2 atom stereocenters. The van der Waals surface area contributed by atoms with Gasteiger partial charge < -0.3 is 19.5 Å². The van der Waals surface area contributed by atoms with E-state index in [1.54, 1.807) is 18.2 Å². The van der Waals surface area contributed by atoms with Crippen molar-refractivity contribution < 1.29 is 23.8 Å². The molecule has 0 aliphatic carbocycles. The van der Waals surface area contributed by atoms with Gasteiger partial charge in [-0.25, -0.2) is 4.79 Å². The maximum atomic E-state index is 12.2. The first-order chi connectivity index (χ1) is 12.1. The third-order valence-corrected chi connectivity index (χ3v) is 3.74. The second-order valence-corrected chi connectivity index (χ2v) is 5.65. The first kappa shape index (κ1) is 16.8. The summed E-state index contributed by atoms with van der Waals surface area (Å²) in [5.74, 6) is 0.0725. The van der Waals surface area contributed by atoms with Crippen LogP contribution in [0.1, 0.15) is 12.5 Å². The zero-order valence-electron chi connectivity index (χ0n) is 13.8. The topological polar surface area (TPSA) is 73.9 Å². The summed E-state index contributed by atoms with van der Waals surface area (Å²) in [7, 11) is 0. The highest BCUT2D eigenvalue weighted by atomic mass is 16.6. The van der Waals surface area contributed by atoms with E-state index in [0.29, 0.717) is 18.0 Å². The van der Waals surface area contributed by atoms with E-state index in [1.807, 2.05) is 36.4 Å². The van der Waals surface area contributed by atoms with E-state index in [4.69, 9.17) is 14.2 Å². The summed E-state index contributed by atoms with van der Waals surface area (Å²) in [6.07, 6.45) is -1.81. The molecule has 0 bridgehead atoms. The molecule has 3 rings (SSSR count). The molecule has 0 saturated carbocycles. The van der Waals surface area contributed by atoms with E-state index in [1.165, 1.54) is 6.92 Å². The number of benzene rings is 2. The second kappa shape index (κ2) is 7.70. The quantitative estimate of drug-likeness (QED) is 0.843. The number of fused-ring (bicyclic) bond motifs is 1. The van der Waals surface area contributed by atoms with Crippen LogP contribution in [-0.2, 0) is 20.9 Å². The van der Waals surface area contributed by atoms with E-state index >= 15 is 0 Å². The number of para-hydroxylation sites is 2. The molecule has 0 aromatic heterocycles. The predicted octanol–water partition coefficient (Wildman–Crippen LogP) is 2.07. The van der Waals surface area contributed by atoms with E-state index < -0.39 is 18.2 Å². The van der Waals surface area contributed by atoms with Gasteiger partial charge in [-0.15, -0.1) is 0 Å². The standard InChI is InChI=1S/C19H19NO5/c1-13(18(21)20-11-14-7-3-2-4-8-14)24-19(22)17-12-23-15-9-5-6-10-16(15)25-17/h2-10,13,17H,11-12H2,1H3,(H,20,21)/t13-,17-/m0/s1. The molecule has 2 aromatic rings. The van der Waals surface area contributed by atoms with Crippen LogP contribution in [0.25, 0.3) is 0 Å². The molecule has 0 spiro atoms. The molecule has 0 unspecified atom stereocenters. The van der Waals surface area contributed by atoms with Gasteiger partial charge in [0.15, 0.2) is 17.6 Å². The van der Waals surface area contributed by atoms with Gasteiger partial charge in [-0.2, -0.15) is 0 Å². The van der Waals surface area contributed by atoms with Crippen LogP contribution in [0.4, 0.5) is 0 Å². The van der Waals surface area contributed by atoms with Crippen molar-refractivity contribution >= 4 is 11.9 Å². The van der Waals surface area contributed by atoms with E-state index in [2.05, 4.69) is 5.32 Å². The van der Waals surface area contributed by atoms with Gasteiger partial charge in [-0.3, -0.25) is 4.79 Å². The van der Waals surface area contributed by atoms with Crippen LogP contribution in [-0.4, -0.2) is 30.7 Å². The van der Waals surface area contributed by atoms with Crippen LogP contribution in [0.5, 0.6) is 11.5 Å². The van der Waals surface area contributed by atoms with Crippen molar-refractivity contribution in [1.82, 2.24) is 5.32 Å². The van der Waals surface area contributed by atoms with E-state index in [-0.39, 0.29) is 12.5 Å². The van der Waals surface area contributed by atoms with Crippen molar-refractivity contribution in [3.8, 4) is 11.5 Å². The molecule has 1 heterocycles. The third kappa shape index (κ3) is 4.29. The van der Waals surface area contributed by atoms with Crippen LogP contribution >= 0.6 is 0 Å². The first-order valence-corrected chi connectivity index (χ1v) is 8.04. The average Bonchev–Trinajstić information content (AvgIpc) is 2.66. The highest BCUT2D eigenvalue weighted by Gasteiger charge is 2.31. The minimum atomic E-state index is -0.919. The van der Waals surface area contributed by atoms with Crippen LogP contribution < -0.4 is 14.8 Å². The smallest absolute Gasteiger partial charge is 0.351 e. The highest BCUT2D eigenvalue weighted by molar-refractivity contribution is 5.84. The largest absolute Gasteiger partial charge is 0.485 e. The van der Waals surface area contributed by atoms with Gasteiger partial charge in [0.25, 0.3) is 5.91 Å². The number of amides is 1. The van der Waals surface area contributed by atoms with Crippen molar-refractivity contribution in [3.63, 3.8) is 0 Å². The Labute approximate surface area is 145 Å². The molecule has 25 heavy (non-hydrogen) atoms. The van der Waals surface area contributed by atoms with Gasteiger partial charge in [0.05, 0.1) is 0 Å². The maximum absolute atomic E-state index is 12.2. The number of carbonyl (C=O) groups is 2. The van der Waals surface area contributed by atoms with Crippen molar-refractivity contribution in [1.29, 1.82) is 0 Å². The summed E-state index contributed by atoms with van der Waals surface area (Å²) in [6, 6.07) is 16.6. The Bertz CT molecular complexity index is 746. The molecular weight excluding hydrogens is 322 g/mol. The molecule has 1 aliphatic rings. The van der Waals surface area contributed by atoms with E-state index in [0.717, 1.165) is 5.56 Å². The number of nitrogens with one attached hydrogen (secondary N) is 1. The zero-order chi connectivity index (χ0) is 17.6. The number of ether oxygens (including phenoxy) is 3. The first-order valence-electron chi connectivity index (χ1n) is 8.04. The Balaban J connectivity index is 1.50. The summed E-state index contributed by atoms with van der Waals surface area (Å²) in [5.41, 5.74) is 0.968. The number of esters is 1. The summed E-state index contributed by atoms with van der Waals surface area (Å²) in [6.45, 7) is 1.95. The molecule has 1 N–H and O–H groups in total. The Hall–Kier alpha value is -3.02. The van der Waals surface area contributed by atoms with Gasteiger partial charge in [0, 0.05) is 6.54 Å². The average molecular weight is 341 g/mol. The normalized spacial score (nSPS) is 16.6. The fourth-order valence-corrected chi connectivity index (χ4v) is 2.37. The fraction of sp³-hybridized carbons (Fsp3) is 0.263. The van der Waals surface area contributed by atoms with Gasteiger partial charge in [-0.1, -0.05) is 42.5 Å². The monoisotopic (exact) mass is 341 g/mol. The zero-order valence-corrected chi connectivity index (χ0v) is 13.8. The molecule has 6 nitrogen and oxygen atoms in total. The summed E-state index contributed by atoms with van der Waals surface area (Å²) in [4.78, 5) is 24.3. The lowest BCUT2D eigenvalue weighted by atomic mass is 10.2. The molecule has 130 valence electrons. The Morgan fingerprint density at radius 2 is 1.80 bits per heavy atom. The summed E-state index contributed by atoms with van der Waals surface area (Å²) >= 11 is 0. The van der Waals surface area contributed by atoms with Crippen LogP contribution in [0.2, 0.25) is 0 Å². The molecular formula is C19H19NO5. The molecule has 2 aromatic carbocycles. The van der Waals surface area contributed by atoms with Gasteiger partial charge in [0.1, 0.15) is 6.61 Å². The Morgan fingerprint density at radius 1 is 1.12 bits per heavy atom. The predicted molar refractivity (Wildman–Crippen MR) is 90.2 cm³/mol. The number of rotatable bonds is 5. The molecule has 1 aliphatic heterocycles. The Kier molecular flexibility index (Phi) is 5.18. The summed E-state index contributed by atoms with van der Waals surface area (Å²) in [5, 5.41) is 2.73. The maximum Gasteiger partial charge on any atom is 0.351 e. The minimum Gasteiger partial charge on any atom is -0.485 e. The van der Waals surface area contributed by atoms with Crippen molar-refractivity contribution in [2.45, 2.75) is 25.7 Å². The highest BCUT2D eigenvalue weighted by Crippen LogP contribution is 2.31. The number of hydrogen-bond acceptors (Lipinski definition) is 5. The lowest BCUT2D eigenvalue weighted by Crippen LogP contribution is -2.42. The Morgan fingerprint density at radius 3 is 2.56 bits per heavy atom. The van der Waals surface area contributed by atoms with Crippen LogP contribution in [0, 0.1) is 0 Å². The van der Waals surface area contributed by atoms with Gasteiger partial charge >= 0.3 is 5.97 Å². The molecule has 1 amide bonds. The lowest BCUT2D eigenvalue weighted by molar-refractivity contribution is -0.163. The molecule has 0 fully saturated rings. The molecule has 6 heteroatoms. The van der Waals surface area contributed by atoms with E-state index in [9.17, 15) is 9.59 Å². The fourth-order valence-electron chi connectivity index (χ4n) is 2.37. The lowest BCUT2D eigenvalue weighted by Gasteiger charge is -2.25. The third-order valence-electron chi connectivity index (χ3n) is 3.74. The van der Waals surface area contributed by atoms with Crippen molar-refractivity contribution in [3.05, 3.63) is 60.2 Å². The van der Waals surface area contributed by atoms with Gasteiger partial charge in [-0.05, 0) is 24.6 Å². The van der Waals surface area contributed by atoms with Crippen LogP contribution in [0.15, 0.2) is 54.6 Å². The van der Waals surface area contributed by atoms with Crippen molar-refractivity contribution in [2.24, 2.45) is 0 Å². The number of carbonyl (C=O) groups excluding carboxylic acids is 2. The molecule has 0 radical (unpaired) electrons. The summed E-state index contributed by atoms with van der Waals surface area (Å²) < 4.78 is 16.2. The molecule has 0 saturated heterocycles. The second-order valence-electron chi connectivity index (χ2n) is 5.65. The minimum absolute atomic E-state index is 0.0498. The van der Waals surface area contributed by atoms with Crippen molar-refractivity contribution in [2.75, 3.05) is 6.61 Å². The van der Waals surface area contributed by atoms with Gasteiger partial charge in [0.2, 0.25) is 6.10 Å². The SMILES string of the molecule is C[C@H](OC(=O)[C@@H]1COc2ccccc2O1)C(=O)NCc1ccccc1. The number of hydrogen-bond donors (Lipinski definition) is 1. The van der Waals surface area contributed by atoms with Crippen LogP contribution in [0.3, 0.4) is 0 Å².